The van der Waals surface area contributed by atoms with Gasteiger partial charge in [-0.3, -0.25) is 14.0 Å². The van der Waals surface area contributed by atoms with Crippen molar-refractivity contribution in [1.82, 2.24) is 19.2 Å². The van der Waals surface area contributed by atoms with Crippen LogP contribution in [0.5, 0.6) is 0 Å². The molecule has 1 amide bonds. The molecule has 0 N–H and O–H groups in total. The van der Waals surface area contributed by atoms with Crippen molar-refractivity contribution in [2.24, 2.45) is 0 Å². The van der Waals surface area contributed by atoms with Crippen LogP contribution in [0.3, 0.4) is 0 Å². The van der Waals surface area contributed by atoms with Crippen LogP contribution in [0.15, 0.2) is 36.5 Å². The van der Waals surface area contributed by atoms with Gasteiger partial charge in [-0.2, -0.15) is 5.10 Å². The van der Waals surface area contributed by atoms with Gasteiger partial charge >= 0.3 is 0 Å². The highest BCUT2D eigenvalue weighted by molar-refractivity contribution is 5.82. The molecule has 3 aromatic rings. The summed E-state index contributed by atoms with van der Waals surface area (Å²) in [5, 5.41) is 6.29. The average Bonchev–Trinajstić information content (AvgIpc) is 3.29. The Kier molecular flexibility index (Phi) is 4.01. The molecule has 1 saturated heterocycles. The summed E-state index contributed by atoms with van der Waals surface area (Å²) in [5.74, 6) is 1.09. The maximum absolute atomic E-state index is 12.0. The second-order valence-electron chi connectivity index (χ2n) is 7.47. The van der Waals surface area contributed by atoms with E-state index in [4.69, 9.17) is 9.84 Å². The van der Waals surface area contributed by atoms with Gasteiger partial charge in [-0.25, -0.2) is 0 Å². The molecule has 0 spiro atoms. The number of carbonyl (C=O) groups excluding carboxylic acids is 1. The number of carbonyl (C=O) groups is 1. The minimum atomic E-state index is 0.128. The summed E-state index contributed by atoms with van der Waals surface area (Å²) in [4.78, 5) is 13.9. The molecule has 140 valence electrons. The molecule has 6 nitrogen and oxygen atoms in total. The van der Waals surface area contributed by atoms with E-state index in [0.29, 0.717) is 12.6 Å². The zero-order valence-electron chi connectivity index (χ0n) is 15.6. The molecule has 1 fully saturated rings. The van der Waals surface area contributed by atoms with Gasteiger partial charge in [0, 0.05) is 50.6 Å². The first-order valence-corrected chi connectivity index (χ1v) is 9.72. The van der Waals surface area contributed by atoms with Crippen LogP contribution in [-0.2, 0) is 22.5 Å². The van der Waals surface area contributed by atoms with Gasteiger partial charge in [0.2, 0.25) is 5.91 Å². The predicted octanol–water partition coefficient (Wildman–Crippen LogP) is 3.08. The number of ether oxygens (including phenoxy) is 1. The van der Waals surface area contributed by atoms with E-state index in [1.165, 1.54) is 16.6 Å². The van der Waals surface area contributed by atoms with Crippen molar-refractivity contribution in [1.29, 1.82) is 0 Å². The van der Waals surface area contributed by atoms with E-state index >= 15 is 0 Å². The largest absolute Gasteiger partial charge is 0.381 e. The Labute approximate surface area is 158 Å². The third kappa shape index (κ3) is 2.75. The predicted molar refractivity (Wildman–Crippen MR) is 103 cm³/mol. The maximum Gasteiger partial charge on any atom is 0.219 e. The van der Waals surface area contributed by atoms with Crippen LogP contribution >= 0.6 is 0 Å². The number of rotatable bonds is 2. The lowest BCUT2D eigenvalue weighted by Crippen LogP contribution is -2.35. The van der Waals surface area contributed by atoms with E-state index in [2.05, 4.69) is 45.8 Å². The number of benzene rings is 1. The summed E-state index contributed by atoms with van der Waals surface area (Å²) in [6.45, 7) is 4.64. The van der Waals surface area contributed by atoms with Crippen molar-refractivity contribution >= 4 is 16.8 Å². The van der Waals surface area contributed by atoms with Crippen LogP contribution in [0.1, 0.15) is 37.1 Å². The fraction of sp³-hybridized carbons (Fsp3) is 0.429. The molecule has 2 aromatic heterocycles. The fourth-order valence-corrected chi connectivity index (χ4v) is 4.39. The zero-order chi connectivity index (χ0) is 18.4. The quantitative estimate of drug-likeness (QED) is 0.702. The van der Waals surface area contributed by atoms with Crippen molar-refractivity contribution < 1.29 is 9.53 Å². The average molecular weight is 364 g/mol. The second kappa shape index (κ2) is 6.53. The summed E-state index contributed by atoms with van der Waals surface area (Å²) in [6, 6.07) is 10.9. The lowest BCUT2D eigenvalue weighted by Gasteiger charge is -2.29. The van der Waals surface area contributed by atoms with Crippen molar-refractivity contribution in [2.75, 3.05) is 19.8 Å². The van der Waals surface area contributed by atoms with E-state index < -0.39 is 0 Å². The number of hydrogen-bond donors (Lipinski definition) is 0. The molecule has 4 heterocycles. The van der Waals surface area contributed by atoms with Crippen LogP contribution in [0, 0.1) is 0 Å². The van der Waals surface area contributed by atoms with Gasteiger partial charge in [-0.15, -0.1) is 0 Å². The lowest BCUT2D eigenvalue weighted by molar-refractivity contribution is -0.129. The molecular formula is C21H24N4O2. The van der Waals surface area contributed by atoms with Crippen molar-refractivity contribution in [2.45, 2.75) is 38.8 Å². The first-order chi connectivity index (χ1) is 13.2. The third-order valence-electron chi connectivity index (χ3n) is 5.87. The summed E-state index contributed by atoms with van der Waals surface area (Å²) in [5.41, 5.74) is 3.62. The standard InChI is InChI=1S/C21H24N4O2/c1-15(26)23-10-7-20-18(14-23)21(22-25(20)17-8-12-27-13-9-17)24-11-6-16-4-2-3-5-19(16)24/h2-6,11,17H,7-10,12-14H2,1H3. The maximum atomic E-state index is 12.0. The van der Waals surface area contributed by atoms with Crippen LogP contribution in [0.25, 0.3) is 16.7 Å². The van der Waals surface area contributed by atoms with Gasteiger partial charge in [0.1, 0.15) is 0 Å². The Hall–Kier alpha value is -2.60. The van der Waals surface area contributed by atoms with Crippen molar-refractivity contribution in [3.05, 3.63) is 47.8 Å². The summed E-state index contributed by atoms with van der Waals surface area (Å²) >= 11 is 0. The molecule has 27 heavy (non-hydrogen) atoms. The monoisotopic (exact) mass is 364 g/mol. The van der Waals surface area contributed by atoms with Crippen molar-refractivity contribution in [3.63, 3.8) is 0 Å². The van der Waals surface area contributed by atoms with E-state index in [0.717, 1.165) is 50.4 Å². The number of para-hydroxylation sites is 1. The number of amides is 1. The number of nitrogens with zero attached hydrogens (tertiary/aromatic N) is 4. The molecular weight excluding hydrogens is 340 g/mol. The SMILES string of the molecule is CC(=O)N1CCc2c(c(-n3ccc4ccccc43)nn2C2CCOCC2)C1. The topological polar surface area (TPSA) is 52.3 Å². The van der Waals surface area contributed by atoms with Crippen LogP contribution in [-0.4, -0.2) is 44.9 Å². The van der Waals surface area contributed by atoms with Gasteiger partial charge in [0.05, 0.1) is 18.1 Å². The second-order valence-corrected chi connectivity index (χ2v) is 7.47. The minimum absolute atomic E-state index is 0.128. The number of hydrogen-bond acceptors (Lipinski definition) is 3. The summed E-state index contributed by atoms with van der Waals surface area (Å²) in [6.07, 6.45) is 4.94. The lowest BCUT2D eigenvalue weighted by atomic mass is 10.0. The minimum Gasteiger partial charge on any atom is -0.381 e. The molecule has 0 unspecified atom stereocenters. The molecule has 0 radical (unpaired) electrons. The molecule has 1 aromatic carbocycles. The van der Waals surface area contributed by atoms with Crippen LogP contribution < -0.4 is 0 Å². The Morgan fingerprint density at radius 2 is 2.00 bits per heavy atom. The number of aromatic nitrogens is 3. The molecule has 2 aliphatic heterocycles. The molecule has 5 rings (SSSR count). The summed E-state index contributed by atoms with van der Waals surface area (Å²) < 4.78 is 9.96. The normalized spacial score (nSPS) is 18.0. The van der Waals surface area contributed by atoms with Gasteiger partial charge in [0.15, 0.2) is 5.82 Å². The first kappa shape index (κ1) is 16.6. The fourth-order valence-electron chi connectivity index (χ4n) is 4.39. The van der Waals surface area contributed by atoms with Gasteiger partial charge in [-0.05, 0) is 30.4 Å². The highest BCUT2D eigenvalue weighted by Crippen LogP contribution is 2.32. The Morgan fingerprint density at radius 1 is 1.19 bits per heavy atom. The molecule has 0 bridgehead atoms. The first-order valence-electron chi connectivity index (χ1n) is 9.72. The smallest absolute Gasteiger partial charge is 0.219 e. The highest BCUT2D eigenvalue weighted by atomic mass is 16.5. The van der Waals surface area contributed by atoms with E-state index in [9.17, 15) is 4.79 Å². The van der Waals surface area contributed by atoms with Crippen molar-refractivity contribution in [3.8, 4) is 5.82 Å². The number of fused-ring (bicyclic) bond motifs is 2. The Balaban J connectivity index is 1.66. The van der Waals surface area contributed by atoms with E-state index in [-0.39, 0.29) is 5.91 Å². The molecule has 0 saturated carbocycles. The van der Waals surface area contributed by atoms with Gasteiger partial charge in [0.25, 0.3) is 0 Å². The molecule has 6 heteroatoms. The van der Waals surface area contributed by atoms with Gasteiger partial charge < -0.3 is 9.64 Å². The molecule has 2 aliphatic rings. The zero-order valence-corrected chi connectivity index (χ0v) is 15.6. The van der Waals surface area contributed by atoms with Crippen LogP contribution in [0.2, 0.25) is 0 Å². The third-order valence-corrected chi connectivity index (χ3v) is 5.87. The van der Waals surface area contributed by atoms with Gasteiger partial charge in [-0.1, -0.05) is 18.2 Å². The highest BCUT2D eigenvalue weighted by Gasteiger charge is 2.30. The van der Waals surface area contributed by atoms with Crippen LogP contribution in [0.4, 0.5) is 0 Å². The van der Waals surface area contributed by atoms with E-state index in [1.807, 2.05) is 4.90 Å². The summed E-state index contributed by atoms with van der Waals surface area (Å²) in [7, 11) is 0. The Bertz CT molecular complexity index is 997. The Morgan fingerprint density at radius 3 is 2.81 bits per heavy atom. The molecule has 0 atom stereocenters. The molecule has 0 aliphatic carbocycles. The van der Waals surface area contributed by atoms with E-state index in [1.54, 1.807) is 6.92 Å².